The average molecular weight is 206 g/mol. The maximum Gasteiger partial charge on any atom is 0.240 e. The van der Waals surface area contributed by atoms with E-state index in [1.165, 1.54) is 0 Å². The minimum Gasteiger partial charge on any atom is -0.380 e. The third-order valence-corrected chi connectivity index (χ3v) is 2.55. The van der Waals surface area contributed by atoms with E-state index in [4.69, 9.17) is 16.3 Å². The number of rotatable bonds is 2. The van der Waals surface area contributed by atoms with Crippen molar-refractivity contribution < 1.29 is 9.53 Å². The van der Waals surface area contributed by atoms with Gasteiger partial charge in [-0.2, -0.15) is 0 Å². The molecule has 1 heterocycles. The van der Waals surface area contributed by atoms with Crippen LogP contribution in [0.1, 0.15) is 19.8 Å². The van der Waals surface area contributed by atoms with Crippen LogP contribution in [0.2, 0.25) is 0 Å². The number of hydrogen-bond acceptors (Lipinski definition) is 2. The number of alkyl halides is 1. The Hall–Kier alpha value is -0.280. The normalized spacial score (nSPS) is 25.8. The molecule has 0 aromatic rings. The maximum absolute atomic E-state index is 11.5. The zero-order valence-corrected chi connectivity index (χ0v) is 8.88. The van der Waals surface area contributed by atoms with Gasteiger partial charge in [-0.05, 0) is 19.8 Å². The number of methoxy groups -OCH3 is 1. The Bertz CT molecular complexity index is 184. The van der Waals surface area contributed by atoms with Crippen molar-refractivity contribution in [2.24, 2.45) is 0 Å². The molecular weight excluding hydrogens is 190 g/mol. The molecule has 1 fully saturated rings. The van der Waals surface area contributed by atoms with Crippen LogP contribution in [-0.4, -0.2) is 42.5 Å². The topological polar surface area (TPSA) is 29.5 Å². The molecule has 3 nitrogen and oxygen atoms in total. The van der Waals surface area contributed by atoms with E-state index in [9.17, 15) is 4.79 Å². The molecule has 13 heavy (non-hydrogen) atoms. The van der Waals surface area contributed by atoms with Crippen molar-refractivity contribution >= 4 is 17.5 Å². The van der Waals surface area contributed by atoms with Crippen molar-refractivity contribution in [3.8, 4) is 0 Å². The summed E-state index contributed by atoms with van der Waals surface area (Å²) in [6.07, 6.45) is 2.23. The Morgan fingerprint density at radius 2 is 2.38 bits per heavy atom. The molecule has 76 valence electrons. The molecule has 0 radical (unpaired) electrons. The van der Waals surface area contributed by atoms with E-state index in [0.29, 0.717) is 6.54 Å². The van der Waals surface area contributed by atoms with Gasteiger partial charge in [0.25, 0.3) is 0 Å². The Morgan fingerprint density at radius 3 is 2.92 bits per heavy atom. The Kier molecular flexibility index (Phi) is 4.00. The predicted octanol–water partition coefficient (Wildman–Crippen LogP) is 1.25. The number of carbonyl (C=O) groups is 1. The van der Waals surface area contributed by atoms with Crippen LogP contribution in [0.15, 0.2) is 0 Å². The number of likely N-dealkylation sites (tertiary alicyclic amines) is 1. The first-order valence-corrected chi connectivity index (χ1v) is 5.04. The average Bonchev–Trinajstić information content (AvgIpc) is 2.16. The minimum absolute atomic E-state index is 0.0171. The van der Waals surface area contributed by atoms with Gasteiger partial charge >= 0.3 is 0 Å². The van der Waals surface area contributed by atoms with Gasteiger partial charge in [-0.25, -0.2) is 0 Å². The highest BCUT2D eigenvalue weighted by Crippen LogP contribution is 2.14. The summed E-state index contributed by atoms with van der Waals surface area (Å²) in [5, 5.41) is -0.421. The Labute approximate surface area is 84.0 Å². The summed E-state index contributed by atoms with van der Waals surface area (Å²) in [5.41, 5.74) is 0. The third kappa shape index (κ3) is 2.85. The number of carbonyl (C=O) groups excluding carboxylic acids is 1. The summed E-state index contributed by atoms with van der Waals surface area (Å²) >= 11 is 5.72. The van der Waals surface area contributed by atoms with Crippen LogP contribution in [0.4, 0.5) is 0 Å². The van der Waals surface area contributed by atoms with Gasteiger partial charge in [-0.15, -0.1) is 11.6 Å². The van der Waals surface area contributed by atoms with E-state index in [2.05, 4.69) is 0 Å². The van der Waals surface area contributed by atoms with Gasteiger partial charge in [0.1, 0.15) is 5.38 Å². The number of amides is 1. The van der Waals surface area contributed by atoms with Gasteiger partial charge in [0.05, 0.1) is 6.10 Å². The first kappa shape index (κ1) is 10.8. The van der Waals surface area contributed by atoms with Gasteiger partial charge < -0.3 is 9.64 Å². The Balaban J connectivity index is 2.46. The molecule has 0 bridgehead atoms. The van der Waals surface area contributed by atoms with Crippen molar-refractivity contribution in [3.63, 3.8) is 0 Å². The zero-order valence-electron chi connectivity index (χ0n) is 8.12. The summed E-state index contributed by atoms with van der Waals surface area (Å²) < 4.78 is 5.21. The predicted molar refractivity (Wildman–Crippen MR) is 51.9 cm³/mol. The van der Waals surface area contributed by atoms with Crippen molar-refractivity contribution in [1.29, 1.82) is 0 Å². The number of piperidine rings is 1. The van der Waals surface area contributed by atoms with Crippen LogP contribution >= 0.6 is 11.6 Å². The molecular formula is C9H16ClNO2. The molecule has 0 saturated carbocycles. The molecule has 1 saturated heterocycles. The van der Waals surface area contributed by atoms with Crippen LogP contribution in [0.3, 0.4) is 0 Å². The summed E-state index contributed by atoms with van der Waals surface area (Å²) in [4.78, 5) is 13.3. The molecule has 1 amide bonds. The van der Waals surface area contributed by atoms with E-state index in [0.717, 1.165) is 19.4 Å². The molecule has 1 aliphatic heterocycles. The molecule has 0 N–H and O–H groups in total. The van der Waals surface area contributed by atoms with Crippen molar-refractivity contribution in [2.75, 3.05) is 20.2 Å². The highest BCUT2D eigenvalue weighted by Gasteiger charge is 2.25. The lowest BCUT2D eigenvalue weighted by Gasteiger charge is -2.32. The summed E-state index contributed by atoms with van der Waals surface area (Å²) in [6.45, 7) is 3.21. The fraction of sp³-hybridized carbons (Fsp3) is 0.889. The smallest absolute Gasteiger partial charge is 0.240 e. The molecule has 4 heteroatoms. The van der Waals surface area contributed by atoms with Crippen LogP contribution in [0.5, 0.6) is 0 Å². The maximum atomic E-state index is 11.5. The second-order valence-electron chi connectivity index (χ2n) is 3.40. The highest BCUT2D eigenvalue weighted by molar-refractivity contribution is 6.30. The highest BCUT2D eigenvalue weighted by atomic mass is 35.5. The molecule has 2 atom stereocenters. The largest absolute Gasteiger partial charge is 0.380 e. The fourth-order valence-electron chi connectivity index (χ4n) is 1.58. The van der Waals surface area contributed by atoms with Crippen molar-refractivity contribution in [3.05, 3.63) is 0 Å². The lowest BCUT2D eigenvalue weighted by molar-refractivity contribution is -0.134. The van der Waals surface area contributed by atoms with Crippen LogP contribution in [0, 0.1) is 0 Å². The van der Waals surface area contributed by atoms with Crippen molar-refractivity contribution in [2.45, 2.75) is 31.2 Å². The Morgan fingerprint density at radius 1 is 1.69 bits per heavy atom. The zero-order chi connectivity index (χ0) is 9.84. The monoisotopic (exact) mass is 205 g/mol. The molecule has 0 aromatic carbocycles. The number of nitrogens with zero attached hydrogens (tertiary/aromatic N) is 1. The molecule has 1 aliphatic rings. The molecule has 1 rings (SSSR count). The van der Waals surface area contributed by atoms with Crippen LogP contribution in [-0.2, 0) is 9.53 Å². The second kappa shape index (κ2) is 4.82. The molecule has 0 aromatic heterocycles. The summed E-state index contributed by atoms with van der Waals surface area (Å²) in [6, 6.07) is 0. The van der Waals surface area contributed by atoms with Crippen molar-refractivity contribution in [1.82, 2.24) is 4.90 Å². The van der Waals surface area contributed by atoms with Gasteiger partial charge in [0.2, 0.25) is 5.91 Å². The number of halogens is 1. The van der Waals surface area contributed by atoms with Crippen LogP contribution in [0.25, 0.3) is 0 Å². The summed E-state index contributed by atoms with van der Waals surface area (Å²) in [5.74, 6) is 0.0171. The fourth-order valence-corrected chi connectivity index (χ4v) is 1.72. The SMILES string of the molecule is CO[C@@H]1CCCN(C(=O)[C@@H](C)Cl)C1. The van der Waals surface area contributed by atoms with E-state index in [1.807, 2.05) is 0 Å². The third-order valence-electron chi connectivity index (χ3n) is 2.36. The van der Waals surface area contributed by atoms with E-state index >= 15 is 0 Å². The first-order chi connectivity index (χ1) is 6.15. The second-order valence-corrected chi connectivity index (χ2v) is 4.05. The lowest BCUT2D eigenvalue weighted by Crippen LogP contribution is -2.45. The molecule has 0 aliphatic carbocycles. The van der Waals surface area contributed by atoms with E-state index < -0.39 is 5.38 Å². The number of hydrogen-bond donors (Lipinski definition) is 0. The van der Waals surface area contributed by atoms with E-state index in [-0.39, 0.29) is 12.0 Å². The first-order valence-electron chi connectivity index (χ1n) is 4.60. The number of ether oxygens (including phenoxy) is 1. The quantitative estimate of drug-likeness (QED) is 0.636. The minimum atomic E-state index is -0.421. The van der Waals surface area contributed by atoms with Gasteiger partial charge in [-0.3, -0.25) is 4.79 Å². The van der Waals surface area contributed by atoms with Gasteiger partial charge in [0.15, 0.2) is 0 Å². The lowest BCUT2D eigenvalue weighted by atomic mass is 10.1. The standard InChI is InChI=1S/C9H16ClNO2/c1-7(10)9(12)11-5-3-4-8(6-11)13-2/h7-8H,3-6H2,1-2H3/t7-,8-/m1/s1. The molecule has 0 unspecified atom stereocenters. The van der Waals surface area contributed by atoms with E-state index in [1.54, 1.807) is 18.9 Å². The summed E-state index contributed by atoms with van der Waals surface area (Å²) in [7, 11) is 1.68. The molecule has 0 spiro atoms. The van der Waals surface area contributed by atoms with Gasteiger partial charge in [0, 0.05) is 20.2 Å². The van der Waals surface area contributed by atoms with Gasteiger partial charge in [-0.1, -0.05) is 0 Å². The van der Waals surface area contributed by atoms with Crippen LogP contribution < -0.4 is 0 Å².